The lowest BCUT2D eigenvalue weighted by atomic mass is 10.2. The molecule has 1 N–H and O–H groups in total. The second kappa shape index (κ2) is 4.53. The molecule has 0 saturated carbocycles. The lowest BCUT2D eigenvalue weighted by Crippen LogP contribution is -2.17. The Kier molecular flexibility index (Phi) is 3.10. The van der Waals surface area contributed by atoms with Gasteiger partial charge >= 0.3 is 11.2 Å². The van der Waals surface area contributed by atoms with Crippen molar-refractivity contribution in [3.8, 4) is 5.19 Å². The van der Waals surface area contributed by atoms with Crippen LogP contribution < -0.4 is 4.74 Å². The molecule has 1 unspecified atom stereocenters. The molecular weight excluding hydrogens is 252 g/mol. The maximum absolute atomic E-state index is 11.6. The average molecular weight is 258 g/mol. The van der Waals surface area contributed by atoms with Gasteiger partial charge < -0.3 is 4.74 Å². The van der Waals surface area contributed by atoms with Gasteiger partial charge in [0.15, 0.2) is 10.2 Å². The summed E-state index contributed by atoms with van der Waals surface area (Å²) in [6.45, 7) is 1.62. The molecule has 84 valence electrons. The van der Waals surface area contributed by atoms with Crippen molar-refractivity contribution in [3.05, 3.63) is 5.82 Å². The number of aromatic amines is 1. The predicted octanol–water partition coefficient (Wildman–Crippen LogP) is 0.0490. The molecule has 0 amide bonds. The highest BCUT2D eigenvalue weighted by molar-refractivity contribution is 7.82. The fraction of sp³-hybridized carbons (Fsp3) is 0.333. The van der Waals surface area contributed by atoms with Crippen molar-refractivity contribution in [1.29, 1.82) is 0 Å². The minimum absolute atomic E-state index is 0.148. The van der Waals surface area contributed by atoms with Gasteiger partial charge in [-0.3, -0.25) is 4.79 Å². The lowest BCUT2D eigenvalue weighted by Gasteiger charge is -2.04. The third kappa shape index (κ3) is 2.33. The van der Waals surface area contributed by atoms with Crippen molar-refractivity contribution in [3.63, 3.8) is 0 Å². The molecule has 2 aromatic heterocycles. The summed E-state index contributed by atoms with van der Waals surface area (Å²) >= 11 is 5.02. The van der Waals surface area contributed by atoms with Crippen molar-refractivity contribution >= 4 is 29.9 Å². The highest BCUT2D eigenvalue weighted by Crippen LogP contribution is 2.22. The maximum Gasteiger partial charge on any atom is 0.323 e. The van der Waals surface area contributed by atoms with Crippen LogP contribution in [-0.2, 0) is 4.79 Å². The molecule has 0 bridgehead atoms. The molecule has 2 aromatic rings. The first-order chi connectivity index (χ1) is 7.66. The summed E-state index contributed by atoms with van der Waals surface area (Å²) in [5, 5.41) is 20.2. The van der Waals surface area contributed by atoms with E-state index < -0.39 is 11.9 Å². The first-order valence-corrected chi connectivity index (χ1v) is 5.41. The zero-order valence-corrected chi connectivity index (χ0v) is 9.70. The number of nitrogens with one attached hydrogen (secondary N) is 1. The predicted molar refractivity (Wildman–Crippen MR) is 55.4 cm³/mol. The number of carbonyl (C=O) groups is 1. The molecule has 0 aromatic carbocycles. The molecule has 8 nitrogen and oxygen atoms in total. The molecule has 2 rings (SSSR count). The van der Waals surface area contributed by atoms with Gasteiger partial charge in [0.2, 0.25) is 0 Å². The van der Waals surface area contributed by atoms with Crippen LogP contribution in [0.2, 0.25) is 0 Å². The number of aromatic nitrogens is 6. The van der Waals surface area contributed by atoms with Crippen molar-refractivity contribution in [2.24, 2.45) is 0 Å². The van der Waals surface area contributed by atoms with Crippen molar-refractivity contribution in [1.82, 2.24) is 30.8 Å². The van der Waals surface area contributed by atoms with E-state index in [2.05, 4.69) is 43.5 Å². The molecule has 0 spiro atoms. The Morgan fingerprint density at radius 1 is 1.50 bits per heavy atom. The van der Waals surface area contributed by atoms with Crippen LogP contribution in [0.3, 0.4) is 0 Å². The largest absolute Gasteiger partial charge is 0.396 e. The molecule has 0 aliphatic rings. The van der Waals surface area contributed by atoms with Crippen LogP contribution in [-0.4, -0.2) is 36.8 Å². The zero-order chi connectivity index (χ0) is 11.5. The zero-order valence-electron chi connectivity index (χ0n) is 7.99. The summed E-state index contributed by atoms with van der Waals surface area (Å²) in [6, 6.07) is 0. The van der Waals surface area contributed by atoms with E-state index in [0.717, 1.165) is 11.3 Å². The Morgan fingerprint density at radius 3 is 2.88 bits per heavy atom. The van der Waals surface area contributed by atoms with E-state index in [4.69, 9.17) is 4.74 Å². The van der Waals surface area contributed by atoms with Gasteiger partial charge in [0, 0.05) is 0 Å². The van der Waals surface area contributed by atoms with Crippen molar-refractivity contribution < 1.29 is 9.53 Å². The Bertz CT molecular complexity index is 483. The fourth-order valence-corrected chi connectivity index (χ4v) is 1.60. The Hall–Kier alpha value is -1.55. The molecular formula is C6H6N6O2S2. The van der Waals surface area contributed by atoms with Gasteiger partial charge in [0.1, 0.15) is 5.92 Å². The van der Waals surface area contributed by atoms with Crippen LogP contribution in [0.15, 0.2) is 4.34 Å². The molecule has 16 heavy (non-hydrogen) atoms. The second-order valence-corrected chi connectivity index (χ2v) is 4.45. The highest BCUT2D eigenvalue weighted by Gasteiger charge is 2.22. The van der Waals surface area contributed by atoms with E-state index in [1.165, 1.54) is 0 Å². The smallest absolute Gasteiger partial charge is 0.323 e. The SMILES string of the molecule is CC(C(=O)Oc1nnc(S)s1)c1nnn[nH]1. The minimum Gasteiger partial charge on any atom is -0.396 e. The lowest BCUT2D eigenvalue weighted by molar-refractivity contribution is -0.135. The average Bonchev–Trinajstić information content (AvgIpc) is 2.88. The molecule has 10 heteroatoms. The first kappa shape index (κ1) is 11.0. The van der Waals surface area contributed by atoms with Crippen LogP contribution in [0, 0.1) is 0 Å². The number of nitrogens with zero attached hydrogens (tertiary/aromatic N) is 5. The fourth-order valence-electron chi connectivity index (χ4n) is 0.880. The number of carbonyl (C=O) groups excluding carboxylic acids is 1. The molecule has 1 atom stereocenters. The van der Waals surface area contributed by atoms with Crippen LogP contribution in [0.4, 0.5) is 0 Å². The standard InChI is InChI=1S/C6H6N6O2S2/c1-2(3-7-11-12-8-3)4(13)14-5-9-10-6(15)16-5/h2H,1H3,(H,10,15)(H,7,8,11,12). The summed E-state index contributed by atoms with van der Waals surface area (Å²) in [7, 11) is 0. The third-order valence-corrected chi connectivity index (χ3v) is 2.68. The highest BCUT2D eigenvalue weighted by atomic mass is 32.2. The topological polar surface area (TPSA) is 107 Å². The monoisotopic (exact) mass is 258 g/mol. The van der Waals surface area contributed by atoms with Gasteiger partial charge in [-0.25, -0.2) is 5.10 Å². The third-order valence-electron chi connectivity index (χ3n) is 1.71. The molecule has 0 fully saturated rings. The summed E-state index contributed by atoms with van der Waals surface area (Å²) in [5.74, 6) is -0.772. The quantitative estimate of drug-likeness (QED) is 0.591. The van der Waals surface area contributed by atoms with Gasteiger partial charge in [-0.1, -0.05) is 5.10 Å². The number of ether oxygens (including phenoxy) is 1. The van der Waals surface area contributed by atoms with E-state index in [-0.39, 0.29) is 5.19 Å². The number of rotatable bonds is 3. The number of tetrazole rings is 1. The summed E-state index contributed by atoms with van der Waals surface area (Å²) in [5.41, 5.74) is 0. The molecule has 0 aliphatic heterocycles. The van der Waals surface area contributed by atoms with E-state index in [1.807, 2.05) is 0 Å². The van der Waals surface area contributed by atoms with Gasteiger partial charge in [-0.15, -0.1) is 22.8 Å². The van der Waals surface area contributed by atoms with E-state index in [0.29, 0.717) is 10.2 Å². The summed E-state index contributed by atoms with van der Waals surface area (Å²) in [6.07, 6.45) is 0. The molecule has 0 radical (unpaired) electrons. The number of hydrogen-bond acceptors (Lipinski definition) is 9. The molecule has 2 heterocycles. The number of esters is 1. The first-order valence-electron chi connectivity index (χ1n) is 4.14. The summed E-state index contributed by atoms with van der Waals surface area (Å²) in [4.78, 5) is 11.6. The van der Waals surface area contributed by atoms with Crippen molar-refractivity contribution in [2.45, 2.75) is 17.2 Å². The van der Waals surface area contributed by atoms with Crippen LogP contribution >= 0.6 is 24.0 Å². The van der Waals surface area contributed by atoms with Crippen LogP contribution in [0.25, 0.3) is 0 Å². The Labute approximate surface area is 98.8 Å². The van der Waals surface area contributed by atoms with E-state index in [9.17, 15) is 4.79 Å². The van der Waals surface area contributed by atoms with Gasteiger partial charge in [-0.2, -0.15) is 0 Å². The maximum atomic E-state index is 11.6. The van der Waals surface area contributed by atoms with Gasteiger partial charge in [0.05, 0.1) is 0 Å². The summed E-state index contributed by atoms with van der Waals surface area (Å²) < 4.78 is 5.39. The van der Waals surface area contributed by atoms with Gasteiger partial charge in [0.25, 0.3) is 0 Å². The van der Waals surface area contributed by atoms with Crippen LogP contribution in [0.5, 0.6) is 5.19 Å². The number of hydrogen-bond donors (Lipinski definition) is 2. The number of thiol groups is 1. The second-order valence-electron chi connectivity index (χ2n) is 2.78. The minimum atomic E-state index is -0.595. The normalized spacial score (nSPS) is 12.4. The Balaban J connectivity index is 2.03. The van der Waals surface area contributed by atoms with Crippen LogP contribution in [0.1, 0.15) is 18.7 Å². The van der Waals surface area contributed by atoms with E-state index in [1.54, 1.807) is 6.92 Å². The van der Waals surface area contributed by atoms with E-state index >= 15 is 0 Å². The Morgan fingerprint density at radius 2 is 2.31 bits per heavy atom. The molecule has 0 saturated heterocycles. The van der Waals surface area contributed by atoms with Gasteiger partial charge in [-0.05, 0) is 28.7 Å². The van der Waals surface area contributed by atoms with Crippen molar-refractivity contribution in [2.75, 3.05) is 0 Å². The number of H-pyrrole nitrogens is 1. The molecule has 0 aliphatic carbocycles.